The Morgan fingerprint density at radius 1 is 1.42 bits per heavy atom. The first kappa shape index (κ1) is 16.4. The molecule has 3 N–H and O–H groups in total. The molecule has 2 amide bonds. The lowest BCUT2D eigenvalue weighted by Gasteiger charge is -2.30. The van der Waals surface area contributed by atoms with Gasteiger partial charge >= 0.3 is 12.0 Å². The van der Waals surface area contributed by atoms with Crippen molar-refractivity contribution < 1.29 is 14.7 Å². The van der Waals surface area contributed by atoms with Crippen molar-refractivity contribution in [1.29, 1.82) is 0 Å². The highest BCUT2D eigenvalue weighted by molar-refractivity contribution is 5.86. The van der Waals surface area contributed by atoms with E-state index in [2.05, 4.69) is 23.3 Å². The van der Waals surface area contributed by atoms with Crippen molar-refractivity contribution in [3.05, 3.63) is 35.5 Å². The normalized spacial score (nSPS) is 17.9. The molecule has 2 aromatic rings. The van der Waals surface area contributed by atoms with Crippen LogP contribution in [0.15, 0.2) is 24.4 Å². The molecule has 128 valence electrons. The van der Waals surface area contributed by atoms with Gasteiger partial charge in [0.05, 0.1) is 5.92 Å². The van der Waals surface area contributed by atoms with Crippen molar-refractivity contribution >= 4 is 22.9 Å². The van der Waals surface area contributed by atoms with Gasteiger partial charge in [0.2, 0.25) is 0 Å². The Kier molecular flexibility index (Phi) is 4.74. The summed E-state index contributed by atoms with van der Waals surface area (Å²) < 4.78 is 0. The second-order valence-corrected chi connectivity index (χ2v) is 6.42. The Hall–Kier alpha value is -2.50. The maximum Gasteiger partial charge on any atom is 0.317 e. The fourth-order valence-electron chi connectivity index (χ4n) is 3.43. The predicted octanol–water partition coefficient (Wildman–Crippen LogP) is 2.53. The molecular formula is C18H23N3O3. The lowest BCUT2D eigenvalue weighted by atomic mass is 9.99. The number of aliphatic carboxylic acids is 1. The van der Waals surface area contributed by atoms with Gasteiger partial charge < -0.3 is 20.3 Å². The van der Waals surface area contributed by atoms with E-state index in [-0.39, 0.29) is 6.03 Å². The molecule has 1 unspecified atom stereocenters. The van der Waals surface area contributed by atoms with Gasteiger partial charge in [0, 0.05) is 36.7 Å². The first-order valence-corrected chi connectivity index (χ1v) is 8.37. The van der Waals surface area contributed by atoms with Crippen LogP contribution in [-0.2, 0) is 11.2 Å². The van der Waals surface area contributed by atoms with Crippen molar-refractivity contribution in [2.45, 2.75) is 26.2 Å². The van der Waals surface area contributed by atoms with E-state index in [1.54, 1.807) is 4.90 Å². The number of benzene rings is 1. The van der Waals surface area contributed by atoms with Gasteiger partial charge in [-0.05, 0) is 43.4 Å². The van der Waals surface area contributed by atoms with E-state index in [1.165, 1.54) is 16.5 Å². The third kappa shape index (κ3) is 3.37. The topological polar surface area (TPSA) is 85.4 Å². The first-order chi connectivity index (χ1) is 11.6. The smallest absolute Gasteiger partial charge is 0.317 e. The van der Waals surface area contributed by atoms with E-state index in [0.29, 0.717) is 26.1 Å². The monoisotopic (exact) mass is 329 g/mol. The third-order valence-corrected chi connectivity index (χ3v) is 4.72. The molecule has 2 heterocycles. The zero-order valence-electron chi connectivity index (χ0n) is 13.8. The van der Waals surface area contributed by atoms with E-state index in [0.717, 1.165) is 18.4 Å². The van der Waals surface area contributed by atoms with Crippen LogP contribution in [0.4, 0.5) is 4.79 Å². The minimum Gasteiger partial charge on any atom is -0.481 e. The second kappa shape index (κ2) is 6.95. The van der Waals surface area contributed by atoms with Crippen LogP contribution in [0.3, 0.4) is 0 Å². The Morgan fingerprint density at radius 3 is 3.04 bits per heavy atom. The SMILES string of the molecule is Cc1cccc2[nH]cc(CCNC(=O)N3CCCC(C(=O)O)C3)c12. The first-order valence-electron chi connectivity index (χ1n) is 8.37. The fraction of sp³-hybridized carbons (Fsp3) is 0.444. The zero-order valence-corrected chi connectivity index (χ0v) is 13.8. The van der Waals surface area contributed by atoms with Gasteiger partial charge in [-0.3, -0.25) is 4.79 Å². The number of amides is 2. The number of fused-ring (bicyclic) bond motifs is 1. The minimum atomic E-state index is -0.818. The molecule has 1 aliphatic heterocycles. The maximum absolute atomic E-state index is 12.2. The van der Waals surface area contributed by atoms with Crippen LogP contribution >= 0.6 is 0 Å². The number of carboxylic acids is 1. The van der Waals surface area contributed by atoms with Crippen molar-refractivity contribution in [2.24, 2.45) is 5.92 Å². The summed E-state index contributed by atoms with van der Waals surface area (Å²) in [6.07, 6.45) is 4.12. The molecule has 3 rings (SSSR count). The molecule has 6 heteroatoms. The summed E-state index contributed by atoms with van der Waals surface area (Å²) in [7, 11) is 0. The molecule has 6 nitrogen and oxygen atoms in total. The quantitative estimate of drug-likeness (QED) is 0.806. The molecule has 24 heavy (non-hydrogen) atoms. The molecule has 1 fully saturated rings. The number of carboxylic acid groups (broad SMARTS) is 1. The van der Waals surface area contributed by atoms with Gasteiger partial charge in [0.1, 0.15) is 0 Å². The van der Waals surface area contributed by atoms with Crippen LogP contribution < -0.4 is 5.32 Å². The number of nitrogens with zero attached hydrogens (tertiary/aromatic N) is 1. The average molecular weight is 329 g/mol. The molecular weight excluding hydrogens is 306 g/mol. The van der Waals surface area contributed by atoms with Crippen LogP contribution in [0.25, 0.3) is 10.9 Å². The van der Waals surface area contributed by atoms with Gasteiger partial charge in [-0.25, -0.2) is 4.79 Å². The highest BCUT2D eigenvalue weighted by Gasteiger charge is 2.27. The van der Waals surface area contributed by atoms with Crippen molar-refractivity contribution in [3.63, 3.8) is 0 Å². The summed E-state index contributed by atoms with van der Waals surface area (Å²) in [6, 6.07) is 5.98. The zero-order chi connectivity index (χ0) is 17.1. The van der Waals surface area contributed by atoms with Crippen LogP contribution in [0, 0.1) is 12.8 Å². The van der Waals surface area contributed by atoms with E-state index in [9.17, 15) is 9.59 Å². The van der Waals surface area contributed by atoms with Crippen molar-refractivity contribution in [2.75, 3.05) is 19.6 Å². The molecule has 0 saturated carbocycles. The molecule has 0 radical (unpaired) electrons. The second-order valence-electron chi connectivity index (χ2n) is 6.42. The largest absolute Gasteiger partial charge is 0.481 e. The molecule has 1 aromatic carbocycles. The minimum absolute atomic E-state index is 0.169. The van der Waals surface area contributed by atoms with Crippen LogP contribution in [0.2, 0.25) is 0 Å². The Morgan fingerprint density at radius 2 is 2.25 bits per heavy atom. The number of piperidine rings is 1. The number of hydrogen-bond donors (Lipinski definition) is 3. The van der Waals surface area contributed by atoms with Gasteiger partial charge in [0.15, 0.2) is 0 Å². The molecule has 1 atom stereocenters. The van der Waals surface area contributed by atoms with E-state index in [4.69, 9.17) is 5.11 Å². The molecule has 0 bridgehead atoms. The fourth-order valence-corrected chi connectivity index (χ4v) is 3.43. The molecule has 0 spiro atoms. The van der Waals surface area contributed by atoms with E-state index in [1.807, 2.05) is 18.3 Å². The number of aromatic nitrogens is 1. The summed E-state index contributed by atoms with van der Waals surface area (Å²) in [4.78, 5) is 28.2. The Labute approximate surface area is 140 Å². The molecule has 1 saturated heterocycles. The summed E-state index contributed by atoms with van der Waals surface area (Å²) in [5, 5.41) is 13.2. The predicted molar refractivity (Wildman–Crippen MR) is 92.1 cm³/mol. The molecule has 1 aliphatic rings. The number of carbonyl (C=O) groups excluding carboxylic acids is 1. The number of urea groups is 1. The number of carbonyl (C=O) groups is 2. The van der Waals surface area contributed by atoms with Gasteiger partial charge in [-0.1, -0.05) is 12.1 Å². The van der Waals surface area contributed by atoms with Gasteiger partial charge in [0.25, 0.3) is 0 Å². The van der Waals surface area contributed by atoms with Crippen LogP contribution in [-0.4, -0.2) is 46.6 Å². The number of aromatic amines is 1. The summed E-state index contributed by atoms with van der Waals surface area (Å²) in [5.74, 6) is -1.26. The number of nitrogens with one attached hydrogen (secondary N) is 2. The maximum atomic E-state index is 12.2. The van der Waals surface area contributed by atoms with Crippen LogP contribution in [0.5, 0.6) is 0 Å². The number of rotatable bonds is 4. The number of likely N-dealkylation sites (tertiary alicyclic amines) is 1. The Balaban J connectivity index is 1.56. The summed E-state index contributed by atoms with van der Waals surface area (Å²) in [6.45, 7) is 3.54. The molecule has 0 aliphatic carbocycles. The molecule has 1 aromatic heterocycles. The van der Waals surface area contributed by atoms with Gasteiger partial charge in [-0.2, -0.15) is 0 Å². The summed E-state index contributed by atoms with van der Waals surface area (Å²) in [5.41, 5.74) is 3.51. The Bertz CT molecular complexity index is 753. The van der Waals surface area contributed by atoms with Gasteiger partial charge in [-0.15, -0.1) is 0 Å². The number of hydrogen-bond acceptors (Lipinski definition) is 2. The lowest BCUT2D eigenvalue weighted by Crippen LogP contribution is -2.47. The highest BCUT2D eigenvalue weighted by Crippen LogP contribution is 2.22. The number of H-pyrrole nitrogens is 1. The van der Waals surface area contributed by atoms with Crippen molar-refractivity contribution in [3.8, 4) is 0 Å². The van der Waals surface area contributed by atoms with E-state index < -0.39 is 11.9 Å². The number of aryl methyl sites for hydroxylation is 1. The standard InChI is InChI=1S/C18H23N3O3/c1-12-4-2-6-15-16(12)13(10-20-15)7-8-19-18(24)21-9-3-5-14(11-21)17(22)23/h2,4,6,10,14,20H,3,5,7-9,11H2,1H3,(H,19,24)(H,22,23). The lowest BCUT2D eigenvalue weighted by molar-refractivity contribution is -0.143. The summed E-state index contributed by atoms with van der Waals surface area (Å²) >= 11 is 0. The highest BCUT2D eigenvalue weighted by atomic mass is 16.4. The third-order valence-electron chi connectivity index (χ3n) is 4.72. The van der Waals surface area contributed by atoms with E-state index >= 15 is 0 Å². The van der Waals surface area contributed by atoms with Crippen LogP contribution in [0.1, 0.15) is 24.0 Å². The van der Waals surface area contributed by atoms with Crippen molar-refractivity contribution in [1.82, 2.24) is 15.2 Å². The average Bonchev–Trinajstić information content (AvgIpc) is 2.99.